The van der Waals surface area contributed by atoms with E-state index >= 15 is 0 Å². The van der Waals surface area contributed by atoms with Crippen molar-refractivity contribution in [2.75, 3.05) is 0 Å². The third-order valence-electron chi connectivity index (χ3n) is 4.57. The van der Waals surface area contributed by atoms with Gasteiger partial charge in [-0.3, -0.25) is 0 Å². The number of benzene rings is 4. The third-order valence-corrected chi connectivity index (χ3v) is 13.6. The summed E-state index contributed by atoms with van der Waals surface area (Å²) in [6.07, 6.45) is 0. The normalized spacial score (nSPS) is 11.2. The first-order valence-corrected chi connectivity index (χ1v) is 12.3. The predicted molar refractivity (Wildman–Crippen MR) is 110 cm³/mol. The second-order valence-corrected chi connectivity index (χ2v) is 13.2. The van der Waals surface area contributed by atoms with Gasteiger partial charge in [-0.25, -0.2) is 0 Å². The molecule has 0 saturated heterocycles. The second-order valence-electron chi connectivity index (χ2n) is 6.01. The van der Waals surface area contributed by atoms with E-state index in [0.717, 1.165) is 0 Å². The standard InChI is InChI=1S/C24H20As/c1-5-13-21(14-6-1)25(22-15-7-2-8-16-22,23-17-9-3-10-18-23)24-19-11-4-12-20-24/h1-20H. The van der Waals surface area contributed by atoms with E-state index in [1.807, 2.05) is 0 Å². The number of hydrogen-bond donors (Lipinski definition) is 0. The van der Waals surface area contributed by atoms with Crippen LogP contribution in [0, 0.1) is 0 Å². The van der Waals surface area contributed by atoms with Crippen LogP contribution in [0.5, 0.6) is 0 Å². The molecule has 0 amide bonds. The first-order chi connectivity index (χ1) is 12.4. The minimum absolute atomic E-state index is 1.45. The SMILES string of the molecule is c1ccc([As](c2ccccc2)(c2ccccc2)c2ccccc2)cc1. The fourth-order valence-electron chi connectivity index (χ4n) is 3.50. The van der Waals surface area contributed by atoms with Gasteiger partial charge in [-0.1, -0.05) is 0 Å². The molecule has 0 fully saturated rings. The van der Waals surface area contributed by atoms with Crippen LogP contribution in [-0.4, -0.2) is 13.6 Å². The van der Waals surface area contributed by atoms with Crippen molar-refractivity contribution in [3.8, 4) is 0 Å². The molecule has 0 aliphatic carbocycles. The van der Waals surface area contributed by atoms with E-state index in [0.29, 0.717) is 0 Å². The van der Waals surface area contributed by atoms with Crippen molar-refractivity contribution in [1.29, 1.82) is 0 Å². The maximum atomic E-state index is 2.31. The van der Waals surface area contributed by atoms with Gasteiger partial charge in [0.2, 0.25) is 0 Å². The molecule has 0 aromatic heterocycles. The molecule has 4 rings (SSSR count). The van der Waals surface area contributed by atoms with Crippen LogP contribution in [-0.2, 0) is 0 Å². The average Bonchev–Trinajstić information content (AvgIpc) is 2.72. The van der Waals surface area contributed by atoms with Crippen LogP contribution in [0.25, 0.3) is 0 Å². The molecule has 0 bridgehead atoms. The zero-order chi connectivity index (χ0) is 17.0. The van der Waals surface area contributed by atoms with Gasteiger partial charge in [0.05, 0.1) is 0 Å². The van der Waals surface area contributed by atoms with E-state index < -0.39 is 13.6 Å². The molecule has 1 heteroatoms. The van der Waals surface area contributed by atoms with Crippen LogP contribution in [0.2, 0.25) is 0 Å². The van der Waals surface area contributed by atoms with Gasteiger partial charge in [0.1, 0.15) is 0 Å². The predicted octanol–water partition coefficient (Wildman–Crippen LogP) is 3.06. The molecule has 4 aromatic carbocycles. The summed E-state index contributed by atoms with van der Waals surface area (Å²) in [5.41, 5.74) is 0. The summed E-state index contributed by atoms with van der Waals surface area (Å²) in [4.78, 5) is 0. The Bertz CT molecular complexity index is 753. The van der Waals surface area contributed by atoms with Crippen molar-refractivity contribution in [1.82, 2.24) is 0 Å². The minimum atomic E-state index is -2.77. The first-order valence-electron chi connectivity index (χ1n) is 8.54. The van der Waals surface area contributed by atoms with Gasteiger partial charge < -0.3 is 0 Å². The summed E-state index contributed by atoms with van der Waals surface area (Å²) in [5, 5.41) is 0. The molecule has 0 unspecified atom stereocenters. The molecule has 0 aliphatic rings. The Hall–Kier alpha value is -2.56. The summed E-state index contributed by atoms with van der Waals surface area (Å²) in [6, 6.07) is 44.2. The fraction of sp³-hybridized carbons (Fsp3) is 0. The van der Waals surface area contributed by atoms with Crippen LogP contribution in [0.4, 0.5) is 0 Å². The molecule has 0 atom stereocenters. The van der Waals surface area contributed by atoms with Gasteiger partial charge >= 0.3 is 152 Å². The van der Waals surface area contributed by atoms with Crippen LogP contribution in [0.15, 0.2) is 121 Å². The molecule has 0 saturated carbocycles. The number of hydrogen-bond acceptors (Lipinski definition) is 0. The van der Waals surface area contributed by atoms with Crippen molar-refractivity contribution >= 4 is 31.0 Å². The van der Waals surface area contributed by atoms with Gasteiger partial charge in [0, 0.05) is 0 Å². The molecule has 4 aromatic rings. The summed E-state index contributed by atoms with van der Waals surface area (Å²) in [7, 11) is 0. The fourth-order valence-corrected chi connectivity index (χ4v) is 12.5. The summed E-state index contributed by atoms with van der Waals surface area (Å²) in [5.74, 6) is 0. The number of rotatable bonds is 4. The van der Waals surface area contributed by atoms with Gasteiger partial charge in [0.25, 0.3) is 0 Å². The van der Waals surface area contributed by atoms with Gasteiger partial charge in [-0.05, 0) is 0 Å². The zero-order valence-corrected chi connectivity index (χ0v) is 15.9. The Morgan fingerprint density at radius 2 is 0.480 bits per heavy atom. The van der Waals surface area contributed by atoms with E-state index in [2.05, 4.69) is 121 Å². The van der Waals surface area contributed by atoms with Crippen molar-refractivity contribution < 1.29 is 0 Å². The molecule has 0 heterocycles. The van der Waals surface area contributed by atoms with E-state index in [1.54, 1.807) is 0 Å². The van der Waals surface area contributed by atoms with Crippen molar-refractivity contribution in [2.45, 2.75) is 0 Å². The van der Waals surface area contributed by atoms with Gasteiger partial charge in [0.15, 0.2) is 0 Å². The molecular formula is C24H20As. The topological polar surface area (TPSA) is 0 Å². The Balaban J connectivity index is 2.13. The molecule has 1 radical (unpaired) electrons. The van der Waals surface area contributed by atoms with E-state index in [-0.39, 0.29) is 0 Å². The molecule has 0 nitrogen and oxygen atoms in total. The van der Waals surface area contributed by atoms with Crippen LogP contribution in [0.3, 0.4) is 0 Å². The van der Waals surface area contributed by atoms with Crippen LogP contribution in [0.1, 0.15) is 0 Å². The quantitative estimate of drug-likeness (QED) is 0.475. The Morgan fingerprint density at radius 3 is 0.680 bits per heavy atom. The molecule has 25 heavy (non-hydrogen) atoms. The van der Waals surface area contributed by atoms with Gasteiger partial charge in [-0.2, -0.15) is 0 Å². The molecule has 0 N–H and O–H groups in total. The summed E-state index contributed by atoms with van der Waals surface area (Å²) in [6.45, 7) is 0. The van der Waals surface area contributed by atoms with E-state index in [9.17, 15) is 0 Å². The molecule has 121 valence electrons. The van der Waals surface area contributed by atoms with Crippen molar-refractivity contribution in [3.05, 3.63) is 121 Å². The Kier molecular flexibility index (Phi) is 4.55. The van der Waals surface area contributed by atoms with Crippen molar-refractivity contribution in [2.24, 2.45) is 0 Å². The molecule has 0 spiro atoms. The Morgan fingerprint density at radius 1 is 0.280 bits per heavy atom. The van der Waals surface area contributed by atoms with Crippen LogP contribution < -0.4 is 17.4 Å². The summed E-state index contributed by atoms with van der Waals surface area (Å²) < 4.78 is 5.79. The van der Waals surface area contributed by atoms with E-state index in [4.69, 9.17) is 0 Å². The maximum absolute atomic E-state index is 2.77. The Labute approximate surface area is 152 Å². The monoisotopic (exact) mass is 383 g/mol. The van der Waals surface area contributed by atoms with Gasteiger partial charge in [-0.15, -0.1) is 0 Å². The van der Waals surface area contributed by atoms with E-state index in [1.165, 1.54) is 17.4 Å². The second kappa shape index (κ2) is 7.13. The third kappa shape index (κ3) is 2.84. The average molecular weight is 383 g/mol. The van der Waals surface area contributed by atoms with Crippen LogP contribution >= 0.6 is 0 Å². The zero-order valence-electron chi connectivity index (χ0n) is 14.0. The van der Waals surface area contributed by atoms with Crippen molar-refractivity contribution in [3.63, 3.8) is 0 Å². The summed E-state index contributed by atoms with van der Waals surface area (Å²) >= 11 is -2.77. The first kappa shape index (κ1) is 15.9. The molecule has 0 aliphatic heterocycles. The molecular weight excluding hydrogens is 363 g/mol.